The molecule has 1 aromatic carbocycles. The minimum Gasteiger partial charge on any atom is -0.103 e. The summed E-state index contributed by atoms with van der Waals surface area (Å²) >= 11 is 0. The molecule has 1 aromatic rings. The maximum Gasteiger partial charge on any atom is -0.0156 e. The maximum absolute atomic E-state index is 3.81. The predicted molar refractivity (Wildman–Crippen MR) is 66.3 cm³/mol. The summed E-state index contributed by atoms with van der Waals surface area (Å²) in [5, 5.41) is 0. The Morgan fingerprint density at radius 3 is 2.73 bits per heavy atom. The molecule has 1 atom stereocenters. The Morgan fingerprint density at radius 2 is 2.00 bits per heavy atom. The van der Waals surface area contributed by atoms with E-state index < -0.39 is 0 Å². The van der Waals surface area contributed by atoms with Gasteiger partial charge in [-0.05, 0) is 54.7 Å². The normalized spacial score (nSPS) is 16.9. The van der Waals surface area contributed by atoms with Crippen molar-refractivity contribution < 1.29 is 0 Å². The molecular formula is C15H20. The van der Waals surface area contributed by atoms with Gasteiger partial charge in [0.25, 0.3) is 0 Å². The van der Waals surface area contributed by atoms with Gasteiger partial charge < -0.3 is 0 Å². The van der Waals surface area contributed by atoms with E-state index in [-0.39, 0.29) is 0 Å². The summed E-state index contributed by atoms with van der Waals surface area (Å²) in [5.41, 5.74) is 4.65. The Hall–Kier alpha value is -1.04. The second-order valence-electron chi connectivity index (χ2n) is 4.66. The van der Waals surface area contributed by atoms with Gasteiger partial charge in [-0.3, -0.25) is 0 Å². The number of hydrogen-bond acceptors (Lipinski definition) is 0. The topological polar surface area (TPSA) is 0 Å². The Balaban J connectivity index is 2.23. The zero-order valence-electron chi connectivity index (χ0n) is 9.63. The first kappa shape index (κ1) is 10.5. The summed E-state index contributed by atoms with van der Waals surface area (Å²) in [6.45, 7) is 6.10. The summed E-state index contributed by atoms with van der Waals surface area (Å²) in [4.78, 5) is 0. The van der Waals surface area contributed by atoms with Crippen molar-refractivity contribution in [1.82, 2.24) is 0 Å². The third kappa shape index (κ3) is 2.31. The van der Waals surface area contributed by atoms with E-state index in [2.05, 4.69) is 31.7 Å². The fourth-order valence-electron chi connectivity index (χ4n) is 2.45. The molecule has 0 fully saturated rings. The molecule has 0 nitrogen and oxygen atoms in total. The van der Waals surface area contributed by atoms with Crippen LogP contribution in [0.25, 0.3) is 0 Å². The summed E-state index contributed by atoms with van der Waals surface area (Å²) in [6, 6.07) is 7.06. The number of benzene rings is 1. The Labute approximate surface area is 93.0 Å². The number of rotatable bonds is 3. The average Bonchev–Trinajstić information content (AvgIpc) is 2.29. The van der Waals surface area contributed by atoms with Crippen molar-refractivity contribution in [2.75, 3.05) is 0 Å². The van der Waals surface area contributed by atoms with Crippen LogP contribution in [0.1, 0.15) is 48.8 Å². The summed E-state index contributed by atoms with van der Waals surface area (Å²) in [7, 11) is 0. The van der Waals surface area contributed by atoms with E-state index in [9.17, 15) is 0 Å². The van der Waals surface area contributed by atoms with Gasteiger partial charge in [0.05, 0.1) is 0 Å². The molecule has 1 unspecified atom stereocenters. The summed E-state index contributed by atoms with van der Waals surface area (Å²) < 4.78 is 0. The van der Waals surface area contributed by atoms with Gasteiger partial charge >= 0.3 is 0 Å². The summed E-state index contributed by atoms with van der Waals surface area (Å²) in [5.74, 6) is 0.620. The van der Waals surface area contributed by atoms with E-state index in [0.717, 1.165) is 6.42 Å². The highest BCUT2D eigenvalue weighted by Gasteiger charge is 2.11. The lowest BCUT2D eigenvalue weighted by atomic mass is 9.87. The van der Waals surface area contributed by atoms with Crippen molar-refractivity contribution in [2.45, 2.75) is 44.9 Å². The number of allylic oxidation sites excluding steroid dienone is 1. The Bertz CT molecular complexity index is 349. The molecule has 80 valence electrons. The zero-order valence-corrected chi connectivity index (χ0v) is 9.63. The first-order valence-corrected chi connectivity index (χ1v) is 6.04. The monoisotopic (exact) mass is 200 g/mol. The molecule has 0 aromatic heterocycles. The molecular weight excluding hydrogens is 180 g/mol. The largest absolute Gasteiger partial charge is 0.103 e. The molecule has 0 saturated heterocycles. The minimum atomic E-state index is 0.620. The van der Waals surface area contributed by atoms with Gasteiger partial charge in [0.2, 0.25) is 0 Å². The molecule has 0 heteroatoms. The molecule has 0 radical (unpaired) electrons. The molecule has 0 saturated carbocycles. The van der Waals surface area contributed by atoms with Crippen LogP contribution in [0.2, 0.25) is 0 Å². The molecule has 0 aliphatic heterocycles. The van der Waals surface area contributed by atoms with E-state index in [1.807, 2.05) is 6.08 Å². The Kier molecular flexibility index (Phi) is 3.25. The van der Waals surface area contributed by atoms with E-state index in [1.54, 1.807) is 11.1 Å². The second kappa shape index (κ2) is 4.65. The highest BCUT2D eigenvalue weighted by atomic mass is 14.2. The lowest BCUT2D eigenvalue weighted by molar-refractivity contribution is 0.680. The van der Waals surface area contributed by atoms with E-state index in [1.165, 1.54) is 31.2 Å². The lowest BCUT2D eigenvalue weighted by Gasteiger charge is -2.18. The first-order chi connectivity index (χ1) is 7.31. The van der Waals surface area contributed by atoms with Crippen LogP contribution in [0.5, 0.6) is 0 Å². The van der Waals surface area contributed by atoms with Crippen LogP contribution in [0.4, 0.5) is 0 Å². The Morgan fingerprint density at radius 1 is 1.27 bits per heavy atom. The van der Waals surface area contributed by atoms with Crippen molar-refractivity contribution in [3.05, 3.63) is 47.5 Å². The van der Waals surface area contributed by atoms with Crippen molar-refractivity contribution in [3.8, 4) is 0 Å². The molecule has 1 aliphatic rings. The van der Waals surface area contributed by atoms with Gasteiger partial charge in [-0.15, -0.1) is 6.58 Å². The highest BCUT2D eigenvalue weighted by Crippen LogP contribution is 2.26. The van der Waals surface area contributed by atoms with Gasteiger partial charge in [0.15, 0.2) is 0 Å². The molecule has 1 aliphatic carbocycles. The van der Waals surface area contributed by atoms with Gasteiger partial charge in [0, 0.05) is 0 Å². The van der Waals surface area contributed by atoms with Crippen LogP contribution in [0.15, 0.2) is 30.9 Å². The van der Waals surface area contributed by atoms with Crippen molar-refractivity contribution in [1.29, 1.82) is 0 Å². The van der Waals surface area contributed by atoms with Crippen LogP contribution in [-0.4, -0.2) is 0 Å². The highest BCUT2D eigenvalue weighted by molar-refractivity contribution is 5.35. The molecule has 0 amide bonds. The van der Waals surface area contributed by atoms with Crippen LogP contribution in [0, 0.1) is 0 Å². The molecule has 2 rings (SSSR count). The quantitative estimate of drug-likeness (QED) is 0.640. The lowest BCUT2D eigenvalue weighted by Crippen LogP contribution is -2.04. The van der Waals surface area contributed by atoms with E-state index in [0.29, 0.717) is 5.92 Å². The molecule has 0 bridgehead atoms. The summed E-state index contributed by atoms with van der Waals surface area (Å²) in [6.07, 6.45) is 8.40. The SMILES string of the molecule is C=CCC(C)c1ccc2c(c1)CCCC2. The van der Waals surface area contributed by atoms with Crippen molar-refractivity contribution in [3.63, 3.8) is 0 Å². The van der Waals surface area contributed by atoms with Crippen molar-refractivity contribution in [2.24, 2.45) is 0 Å². The molecule has 15 heavy (non-hydrogen) atoms. The number of hydrogen-bond donors (Lipinski definition) is 0. The van der Waals surface area contributed by atoms with Crippen LogP contribution in [-0.2, 0) is 12.8 Å². The van der Waals surface area contributed by atoms with Gasteiger partial charge in [-0.2, -0.15) is 0 Å². The number of fused-ring (bicyclic) bond motifs is 1. The maximum atomic E-state index is 3.81. The fraction of sp³-hybridized carbons (Fsp3) is 0.467. The zero-order chi connectivity index (χ0) is 10.7. The van der Waals surface area contributed by atoms with Crippen LogP contribution >= 0.6 is 0 Å². The molecule has 0 heterocycles. The van der Waals surface area contributed by atoms with Crippen LogP contribution < -0.4 is 0 Å². The average molecular weight is 200 g/mol. The smallest absolute Gasteiger partial charge is 0.0156 e. The first-order valence-electron chi connectivity index (χ1n) is 6.04. The predicted octanol–water partition coefficient (Wildman–Crippen LogP) is 4.25. The van der Waals surface area contributed by atoms with Gasteiger partial charge in [-0.1, -0.05) is 31.2 Å². The molecule has 0 N–H and O–H groups in total. The van der Waals surface area contributed by atoms with E-state index in [4.69, 9.17) is 0 Å². The number of aryl methyl sites for hydroxylation is 2. The van der Waals surface area contributed by atoms with Gasteiger partial charge in [0.1, 0.15) is 0 Å². The molecule has 0 spiro atoms. The third-order valence-corrected chi connectivity index (χ3v) is 3.46. The van der Waals surface area contributed by atoms with E-state index >= 15 is 0 Å². The van der Waals surface area contributed by atoms with Crippen molar-refractivity contribution >= 4 is 0 Å². The fourth-order valence-corrected chi connectivity index (χ4v) is 2.45. The minimum absolute atomic E-state index is 0.620. The third-order valence-electron chi connectivity index (χ3n) is 3.46. The van der Waals surface area contributed by atoms with Crippen LogP contribution in [0.3, 0.4) is 0 Å². The second-order valence-corrected chi connectivity index (χ2v) is 4.66. The van der Waals surface area contributed by atoms with Gasteiger partial charge in [-0.25, -0.2) is 0 Å². The standard InChI is InChI=1S/C15H20/c1-3-6-12(2)14-10-9-13-7-4-5-8-15(13)11-14/h3,9-12H,1,4-8H2,2H3.